The zero-order chi connectivity index (χ0) is 14.5. The maximum atomic E-state index is 6.16. The lowest BCUT2D eigenvalue weighted by molar-refractivity contribution is 0.160. The standard InChI is InChI=1S/C18H27NO2.ClH/c1-20-17-9-5-8-15-10-11-16(21-18(15)17)13-19-12-14-6-3-2-4-7-14;/h5,8-9,14,16,19H,2-4,6-7,10-13H2,1H3;1H. The monoisotopic (exact) mass is 325 g/mol. The molecule has 0 spiro atoms. The summed E-state index contributed by atoms with van der Waals surface area (Å²) in [7, 11) is 1.71. The Morgan fingerprint density at radius 1 is 1.14 bits per heavy atom. The molecule has 3 nitrogen and oxygen atoms in total. The van der Waals surface area contributed by atoms with Crippen LogP contribution in [0.15, 0.2) is 18.2 Å². The van der Waals surface area contributed by atoms with Gasteiger partial charge in [0.15, 0.2) is 11.5 Å². The van der Waals surface area contributed by atoms with E-state index in [9.17, 15) is 0 Å². The van der Waals surface area contributed by atoms with Crippen LogP contribution in [0.2, 0.25) is 0 Å². The maximum Gasteiger partial charge on any atom is 0.164 e. The van der Waals surface area contributed by atoms with Crippen LogP contribution in [0.5, 0.6) is 11.5 Å². The van der Waals surface area contributed by atoms with E-state index in [1.807, 2.05) is 12.1 Å². The van der Waals surface area contributed by atoms with Crippen LogP contribution in [0.3, 0.4) is 0 Å². The normalized spacial score (nSPS) is 21.4. The Morgan fingerprint density at radius 3 is 2.73 bits per heavy atom. The summed E-state index contributed by atoms with van der Waals surface area (Å²) in [5, 5.41) is 3.63. The second-order valence-electron chi connectivity index (χ2n) is 6.39. The molecule has 1 aromatic rings. The molecular weight excluding hydrogens is 298 g/mol. The van der Waals surface area contributed by atoms with Gasteiger partial charge in [-0.25, -0.2) is 0 Å². The van der Waals surface area contributed by atoms with Crippen molar-refractivity contribution in [3.05, 3.63) is 23.8 Å². The molecule has 1 N–H and O–H groups in total. The van der Waals surface area contributed by atoms with Gasteiger partial charge in [-0.2, -0.15) is 0 Å². The zero-order valence-electron chi connectivity index (χ0n) is 13.5. The number of methoxy groups -OCH3 is 1. The van der Waals surface area contributed by atoms with Gasteiger partial charge in [0.1, 0.15) is 6.10 Å². The van der Waals surface area contributed by atoms with E-state index in [0.717, 1.165) is 43.3 Å². The lowest BCUT2D eigenvalue weighted by Gasteiger charge is -2.28. The minimum atomic E-state index is 0. The molecule has 124 valence electrons. The van der Waals surface area contributed by atoms with Crippen molar-refractivity contribution in [3.63, 3.8) is 0 Å². The number of aryl methyl sites for hydroxylation is 1. The average Bonchev–Trinajstić information content (AvgIpc) is 2.55. The highest BCUT2D eigenvalue weighted by Gasteiger charge is 2.23. The Bertz CT molecular complexity index is 446. The molecule has 1 fully saturated rings. The van der Waals surface area contributed by atoms with Crippen LogP contribution in [-0.4, -0.2) is 26.3 Å². The first kappa shape index (κ1) is 17.4. The van der Waals surface area contributed by atoms with Gasteiger partial charge in [-0.1, -0.05) is 31.4 Å². The van der Waals surface area contributed by atoms with Crippen LogP contribution in [-0.2, 0) is 6.42 Å². The lowest BCUT2D eigenvalue weighted by atomic mass is 9.89. The van der Waals surface area contributed by atoms with E-state index in [1.165, 1.54) is 37.7 Å². The summed E-state index contributed by atoms with van der Waals surface area (Å²) in [4.78, 5) is 0. The van der Waals surface area contributed by atoms with Crippen molar-refractivity contribution < 1.29 is 9.47 Å². The molecule has 0 radical (unpaired) electrons. The number of benzene rings is 1. The summed E-state index contributed by atoms with van der Waals surface area (Å²) < 4.78 is 11.6. The second kappa shape index (κ2) is 8.64. The summed E-state index contributed by atoms with van der Waals surface area (Å²) in [6.07, 6.45) is 9.51. The number of rotatable bonds is 5. The van der Waals surface area contributed by atoms with Crippen LogP contribution < -0.4 is 14.8 Å². The number of nitrogens with one attached hydrogen (secondary N) is 1. The Morgan fingerprint density at radius 2 is 1.95 bits per heavy atom. The molecule has 0 saturated heterocycles. The topological polar surface area (TPSA) is 30.5 Å². The van der Waals surface area contributed by atoms with Gasteiger partial charge >= 0.3 is 0 Å². The predicted molar refractivity (Wildman–Crippen MR) is 92.4 cm³/mol. The molecule has 1 atom stereocenters. The smallest absolute Gasteiger partial charge is 0.164 e. The Hall–Kier alpha value is -0.930. The second-order valence-corrected chi connectivity index (χ2v) is 6.39. The van der Waals surface area contributed by atoms with Gasteiger partial charge < -0.3 is 14.8 Å². The molecule has 0 amide bonds. The number of fused-ring (bicyclic) bond motifs is 1. The van der Waals surface area contributed by atoms with Crippen molar-refractivity contribution >= 4 is 12.4 Å². The van der Waals surface area contributed by atoms with E-state index in [-0.39, 0.29) is 18.5 Å². The van der Waals surface area contributed by atoms with Gasteiger partial charge in [-0.05, 0) is 49.8 Å². The van der Waals surface area contributed by atoms with E-state index in [2.05, 4.69) is 11.4 Å². The minimum absolute atomic E-state index is 0. The van der Waals surface area contributed by atoms with E-state index in [1.54, 1.807) is 7.11 Å². The summed E-state index contributed by atoms with van der Waals surface area (Å²) in [5.74, 6) is 2.70. The number of hydrogen-bond acceptors (Lipinski definition) is 3. The van der Waals surface area contributed by atoms with E-state index in [0.29, 0.717) is 0 Å². The zero-order valence-corrected chi connectivity index (χ0v) is 14.3. The van der Waals surface area contributed by atoms with Gasteiger partial charge in [-0.15, -0.1) is 12.4 Å². The van der Waals surface area contributed by atoms with Crippen molar-refractivity contribution in [2.45, 2.75) is 51.0 Å². The molecule has 0 bridgehead atoms. The molecule has 1 heterocycles. The fraction of sp³-hybridized carbons (Fsp3) is 0.667. The third-order valence-electron chi connectivity index (χ3n) is 4.83. The van der Waals surface area contributed by atoms with Gasteiger partial charge in [-0.3, -0.25) is 0 Å². The van der Waals surface area contributed by atoms with Crippen molar-refractivity contribution in [2.75, 3.05) is 20.2 Å². The molecule has 1 aliphatic carbocycles. The van der Waals surface area contributed by atoms with Crippen LogP contribution in [0, 0.1) is 5.92 Å². The average molecular weight is 326 g/mol. The largest absolute Gasteiger partial charge is 0.493 e. The molecule has 1 saturated carbocycles. The summed E-state index contributed by atoms with van der Waals surface area (Å²) in [6.45, 7) is 2.10. The molecule has 3 rings (SSSR count). The summed E-state index contributed by atoms with van der Waals surface area (Å²) in [5.41, 5.74) is 1.28. The summed E-state index contributed by atoms with van der Waals surface area (Å²) in [6, 6.07) is 6.17. The van der Waals surface area contributed by atoms with Gasteiger partial charge in [0.25, 0.3) is 0 Å². The number of hydrogen-bond donors (Lipinski definition) is 1. The first-order chi connectivity index (χ1) is 10.4. The minimum Gasteiger partial charge on any atom is -0.493 e. The first-order valence-corrected chi connectivity index (χ1v) is 8.40. The van der Waals surface area contributed by atoms with Crippen LogP contribution in [0.25, 0.3) is 0 Å². The van der Waals surface area contributed by atoms with Crippen molar-refractivity contribution in [3.8, 4) is 11.5 Å². The molecule has 22 heavy (non-hydrogen) atoms. The molecule has 2 aliphatic rings. The van der Waals surface area contributed by atoms with Crippen LogP contribution in [0.4, 0.5) is 0 Å². The van der Waals surface area contributed by atoms with Crippen LogP contribution in [0.1, 0.15) is 44.1 Å². The number of halogens is 1. The molecule has 4 heteroatoms. The summed E-state index contributed by atoms with van der Waals surface area (Å²) >= 11 is 0. The fourth-order valence-electron chi connectivity index (χ4n) is 3.58. The SMILES string of the molecule is COc1cccc2c1OC(CNCC1CCCCC1)CC2.Cl. The van der Waals surface area contributed by atoms with E-state index >= 15 is 0 Å². The maximum absolute atomic E-state index is 6.16. The molecule has 1 aliphatic heterocycles. The third kappa shape index (κ3) is 4.30. The third-order valence-corrected chi connectivity index (χ3v) is 4.83. The highest BCUT2D eigenvalue weighted by Crippen LogP contribution is 2.36. The number of para-hydroxylation sites is 1. The highest BCUT2D eigenvalue weighted by atomic mass is 35.5. The molecule has 1 aromatic carbocycles. The van der Waals surface area contributed by atoms with E-state index < -0.39 is 0 Å². The van der Waals surface area contributed by atoms with Crippen molar-refractivity contribution in [1.82, 2.24) is 5.32 Å². The van der Waals surface area contributed by atoms with E-state index in [4.69, 9.17) is 9.47 Å². The molecule has 1 unspecified atom stereocenters. The van der Waals surface area contributed by atoms with Gasteiger partial charge in [0.05, 0.1) is 7.11 Å². The van der Waals surface area contributed by atoms with Crippen molar-refractivity contribution in [2.24, 2.45) is 5.92 Å². The van der Waals surface area contributed by atoms with Crippen molar-refractivity contribution in [1.29, 1.82) is 0 Å². The number of ether oxygens (including phenoxy) is 2. The van der Waals surface area contributed by atoms with Gasteiger partial charge in [0, 0.05) is 6.54 Å². The quantitative estimate of drug-likeness (QED) is 0.888. The van der Waals surface area contributed by atoms with Crippen LogP contribution >= 0.6 is 12.4 Å². The lowest BCUT2D eigenvalue weighted by Crippen LogP contribution is -2.36. The Balaban J connectivity index is 0.00000176. The highest BCUT2D eigenvalue weighted by molar-refractivity contribution is 5.85. The predicted octanol–water partition coefficient (Wildman–Crippen LogP) is 3.98. The fourth-order valence-corrected chi connectivity index (χ4v) is 3.58. The molecule has 0 aromatic heterocycles. The Labute approximate surface area is 140 Å². The Kier molecular flexibility index (Phi) is 6.84. The molecular formula is C18H28ClNO2. The van der Waals surface area contributed by atoms with Gasteiger partial charge in [0.2, 0.25) is 0 Å². The first-order valence-electron chi connectivity index (χ1n) is 8.40.